The topological polar surface area (TPSA) is 71.5 Å². The number of halogens is 1. The van der Waals surface area contributed by atoms with Crippen LogP contribution in [0.2, 0.25) is 5.02 Å². The molecule has 0 spiro atoms. The minimum absolute atomic E-state index is 0.0888. The number of rotatable bonds is 5. The molecule has 1 fully saturated rings. The third kappa shape index (κ3) is 4.93. The number of aromatic nitrogens is 1. The maximum atomic E-state index is 12.5. The molecule has 0 atom stereocenters. The molecule has 0 saturated heterocycles. The number of nitrogens with zero attached hydrogens (tertiary/aromatic N) is 1. The highest BCUT2D eigenvalue weighted by Gasteiger charge is 2.23. The molecule has 1 aliphatic rings. The van der Waals surface area contributed by atoms with Gasteiger partial charge in [-0.25, -0.2) is 4.98 Å². The summed E-state index contributed by atoms with van der Waals surface area (Å²) in [5, 5.41) is 14.0. The summed E-state index contributed by atoms with van der Waals surface area (Å²) in [5.74, 6) is 0.623. The van der Waals surface area contributed by atoms with Gasteiger partial charge in [0.05, 0.1) is 11.8 Å². The summed E-state index contributed by atoms with van der Waals surface area (Å²) in [6.45, 7) is 2.15. The van der Waals surface area contributed by atoms with Crippen molar-refractivity contribution in [1.82, 2.24) is 10.3 Å². The van der Waals surface area contributed by atoms with E-state index in [9.17, 15) is 9.90 Å². The Morgan fingerprint density at radius 1 is 1.32 bits per heavy atom. The number of thiazole rings is 1. The van der Waals surface area contributed by atoms with Gasteiger partial charge in [-0.15, -0.1) is 11.3 Å². The van der Waals surface area contributed by atoms with Crippen molar-refractivity contribution in [2.75, 3.05) is 0 Å². The number of ether oxygens (including phenoxy) is 1. The van der Waals surface area contributed by atoms with E-state index >= 15 is 0 Å². The third-order valence-electron chi connectivity index (χ3n) is 4.25. The minimum Gasteiger partial charge on any atom is -0.486 e. The molecule has 25 heavy (non-hydrogen) atoms. The van der Waals surface area contributed by atoms with Gasteiger partial charge >= 0.3 is 0 Å². The highest BCUT2D eigenvalue weighted by molar-refractivity contribution is 7.13. The number of hydrogen-bond donors (Lipinski definition) is 2. The van der Waals surface area contributed by atoms with Crippen LogP contribution in [0.1, 0.15) is 46.1 Å². The van der Waals surface area contributed by atoms with Crippen LogP contribution in [0.4, 0.5) is 0 Å². The maximum absolute atomic E-state index is 12.5. The van der Waals surface area contributed by atoms with E-state index in [0.29, 0.717) is 28.0 Å². The van der Waals surface area contributed by atoms with Gasteiger partial charge in [0.2, 0.25) is 0 Å². The second-order valence-corrected chi connectivity index (χ2v) is 7.76. The van der Waals surface area contributed by atoms with Crippen molar-refractivity contribution in [3.05, 3.63) is 44.9 Å². The molecule has 1 heterocycles. The summed E-state index contributed by atoms with van der Waals surface area (Å²) in [7, 11) is 0. The van der Waals surface area contributed by atoms with Crippen molar-refractivity contribution in [2.45, 2.75) is 51.4 Å². The van der Waals surface area contributed by atoms with Gasteiger partial charge < -0.3 is 15.2 Å². The van der Waals surface area contributed by atoms with Crippen LogP contribution >= 0.6 is 22.9 Å². The Morgan fingerprint density at radius 3 is 2.68 bits per heavy atom. The van der Waals surface area contributed by atoms with E-state index in [2.05, 4.69) is 10.3 Å². The maximum Gasteiger partial charge on any atom is 0.263 e. The highest BCUT2D eigenvalue weighted by atomic mass is 35.5. The van der Waals surface area contributed by atoms with Gasteiger partial charge in [0, 0.05) is 11.1 Å². The molecular weight excluding hydrogens is 360 g/mol. The Balaban J connectivity index is 1.57. The van der Waals surface area contributed by atoms with Gasteiger partial charge in [0.1, 0.15) is 22.2 Å². The Morgan fingerprint density at radius 2 is 2.00 bits per heavy atom. The molecule has 0 unspecified atom stereocenters. The average molecular weight is 381 g/mol. The molecule has 0 radical (unpaired) electrons. The number of hydrogen-bond acceptors (Lipinski definition) is 5. The number of benzene rings is 1. The molecule has 134 valence electrons. The molecule has 0 aliphatic heterocycles. The van der Waals surface area contributed by atoms with E-state index in [-0.39, 0.29) is 18.1 Å². The molecule has 2 aromatic rings. The minimum atomic E-state index is -0.227. The molecule has 5 nitrogen and oxygen atoms in total. The van der Waals surface area contributed by atoms with Crippen molar-refractivity contribution < 1.29 is 14.6 Å². The molecule has 2 N–H and O–H groups in total. The summed E-state index contributed by atoms with van der Waals surface area (Å²) < 4.78 is 5.69. The number of nitrogens with one attached hydrogen (secondary N) is 1. The van der Waals surface area contributed by atoms with E-state index < -0.39 is 0 Å². The number of carbonyl (C=O) groups is 1. The lowest BCUT2D eigenvalue weighted by Crippen LogP contribution is -2.38. The lowest BCUT2D eigenvalue weighted by atomic mass is 9.93. The predicted molar refractivity (Wildman–Crippen MR) is 98.4 cm³/mol. The average Bonchev–Trinajstić information content (AvgIpc) is 2.97. The monoisotopic (exact) mass is 380 g/mol. The molecule has 1 aliphatic carbocycles. The summed E-state index contributed by atoms with van der Waals surface area (Å²) in [6, 6.07) is 7.27. The van der Waals surface area contributed by atoms with Gasteiger partial charge in [-0.3, -0.25) is 4.79 Å². The molecule has 0 bridgehead atoms. The number of aliphatic hydroxyl groups is 1. The van der Waals surface area contributed by atoms with Gasteiger partial charge in [-0.2, -0.15) is 0 Å². The predicted octanol–water partition coefficient (Wildman–Crippen LogP) is 3.72. The smallest absolute Gasteiger partial charge is 0.263 e. The van der Waals surface area contributed by atoms with Crippen molar-refractivity contribution >= 4 is 28.8 Å². The fourth-order valence-electron chi connectivity index (χ4n) is 2.87. The zero-order valence-corrected chi connectivity index (χ0v) is 15.6. The van der Waals surface area contributed by atoms with Crippen LogP contribution in [0.5, 0.6) is 5.75 Å². The van der Waals surface area contributed by atoms with Gasteiger partial charge in [0.15, 0.2) is 0 Å². The molecule has 1 amide bonds. The number of aryl methyl sites for hydroxylation is 1. The molecule has 7 heteroatoms. The van der Waals surface area contributed by atoms with Crippen LogP contribution in [-0.2, 0) is 6.61 Å². The van der Waals surface area contributed by atoms with Crippen LogP contribution in [0.15, 0.2) is 24.3 Å². The van der Waals surface area contributed by atoms with Crippen LogP contribution < -0.4 is 10.1 Å². The largest absolute Gasteiger partial charge is 0.486 e. The Bertz CT molecular complexity index is 724. The third-order valence-corrected chi connectivity index (χ3v) is 5.64. The zero-order chi connectivity index (χ0) is 17.8. The first-order valence-electron chi connectivity index (χ1n) is 8.35. The first-order valence-corrected chi connectivity index (χ1v) is 9.54. The Hall–Kier alpha value is -1.63. The molecule has 1 aromatic carbocycles. The summed E-state index contributed by atoms with van der Waals surface area (Å²) in [5.41, 5.74) is 0.716. The number of carbonyl (C=O) groups excluding carboxylic acids is 1. The second kappa shape index (κ2) is 8.17. The zero-order valence-electron chi connectivity index (χ0n) is 14.0. The molecule has 3 rings (SSSR count). The SMILES string of the molecule is Cc1nc(COc2ccc(Cl)cc2)sc1C(=O)NC1CCC(O)CC1. The first kappa shape index (κ1) is 18.2. The van der Waals surface area contributed by atoms with Gasteiger partial charge in [-0.05, 0) is 56.9 Å². The van der Waals surface area contributed by atoms with E-state index in [0.717, 1.165) is 30.7 Å². The van der Waals surface area contributed by atoms with E-state index in [1.54, 1.807) is 24.3 Å². The van der Waals surface area contributed by atoms with Crippen LogP contribution in [0, 0.1) is 6.92 Å². The van der Waals surface area contributed by atoms with E-state index in [4.69, 9.17) is 16.3 Å². The standard InChI is InChI=1S/C18H21ClN2O3S/c1-11-17(18(23)21-13-4-6-14(22)7-5-13)25-16(20-11)10-24-15-8-2-12(19)3-9-15/h2-3,8-9,13-14,22H,4-7,10H2,1H3,(H,21,23). The van der Waals surface area contributed by atoms with Crippen molar-refractivity contribution in [2.24, 2.45) is 0 Å². The van der Waals surface area contributed by atoms with E-state index in [1.165, 1.54) is 11.3 Å². The Labute approximate surface area is 156 Å². The number of amides is 1. The summed E-state index contributed by atoms with van der Waals surface area (Å²) in [6.07, 6.45) is 2.89. The molecule has 1 aromatic heterocycles. The number of aliphatic hydroxyl groups excluding tert-OH is 1. The summed E-state index contributed by atoms with van der Waals surface area (Å²) in [4.78, 5) is 17.5. The van der Waals surface area contributed by atoms with E-state index in [1.807, 2.05) is 6.92 Å². The van der Waals surface area contributed by atoms with Crippen LogP contribution in [0.3, 0.4) is 0 Å². The van der Waals surface area contributed by atoms with Crippen molar-refractivity contribution in [3.8, 4) is 5.75 Å². The molecule has 1 saturated carbocycles. The Kier molecular flexibility index (Phi) is 5.93. The first-order chi connectivity index (χ1) is 12.0. The van der Waals surface area contributed by atoms with Gasteiger partial charge in [-0.1, -0.05) is 11.6 Å². The van der Waals surface area contributed by atoms with Gasteiger partial charge in [0.25, 0.3) is 5.91 Å². The van der Waals surface area contributed by atoms with Crippen molar-refractivity contribution in [1.29, 1.82) is 0 Å². The van der Waals surface area contributed by atoms with Crippen LogP contribution in [0.25, 0.3) is 0 Å². The van der Waals surface area contributed by atoms with Crippen LogP contribution in [-0.4, -0.2) is 28.1 Å². The second-order valence-electron chi connectivity index (χ2n) is 6.24. The molecular formula is C18H21ClN2O3S. The normalized spacial score (nSPS) is 20.3. The lowest BCUT2D eigenvalue weighted by Gasteiger charge is -2.25. The lowest BCUT2D eigenvalue weighted by molar-refractivity contribution is 0.0870. The fraction of sp³-hybridized carbons (Fsp3) is 0.444. The quantitative estimate of drug-likeness (QED) is 0.829. The van der Waals surface area contributed by atoms with Crippen molar-refractivity contribution in [3.63, 3.8) is 0 Å². The highest BCUT2D eigenvalue weighted by Crippen LogP contribution is 2.23. The fourth-order valence-corrected chi connectivity index (χ4v) is 3.88. The summed E-state index contributed by atoms with van der Waals surface area (Å²) >= 11 is 7.21.